The average Bonchev–Trinajstić information content (AvgIpc) is 2.37. The third-order valence-electron chi connectivity index (χ3n) is 3.29. The second-order valence-corrected chi connectivity index (χ2v) is 5.50. The lowest BCUT2D eigenvalue weighted by Crippen LogP contribution is -2.47. The number of carbonyl (C=O) groups excluding carboxylic acids is 1. The second kappa shape index (κ2) is 6.74. The fraction of sp³-hybridized carbons (Fsp3) is 0.818. The lowest BCUT2D eigenvalue weighted by atomic mass is 9.94. The van der Waals surface area contributed by atoms with E-state index >= 15 is 0 Å². The molecule has 1 amide bonds. The minimum absolute atomic E-state index is 0.0426. The average molecular weight is 259 g/mol. The van der Waals surface area contributed by atoms with E-state index in [0.717, 1.165) is 19.3 Å². The highest BCUT2D eigenvalue weighted by atomic mass is 32.2. The molecule has 0 bridgehead atoms. The predicted octanol–water partition coefficient (Wildman–Crippen LogP) is 1.16. The predicted molar refractivity (Wildman–Crippen MR) is 70.3 cm³/mol. The van der Waals surface area contributed by atoms with Crippen molar-refractivity contribution < 1.29 is 10.0 Å². The smallest absolute Gasteiger partial charge is 0.230 e. The number of hydrogen-bond acceptors (Lipinski definition) is 4. The van der Waals surface area contributed by atoms with E-state index in [1.807, 2.05) is 0 Å². The molecule has 5 nitrogen and oxygen atoms in total. The number of amidine groups is 1. The van der Waals surface area contributed by atoms with Crippen LogP contribution in [0.3, 0.4) is 0 Å². The van der Waals surface area contributed by atoms with Gasteiger partial charge in [-0.2, -0.15) is 11.8 Å². The molecule has 0 radical (unpaired) electrons. The molecule has 1 aliphatic rings. The van der Waals surface area contributed by atoms with Crippen LogP contribution in [0.1, 0.15) is 32.6 Å². The summed E-state index contributed by atoms with van der Waals surface area (Å²) in [6.45, 7) is 1.64. The summed E-state index contributed by atoms with van der Waals surface area (Å²) in [6, 6.07) is 0.209. The van der Waals surface area contributed by atoms with Gasteiger partial charge in [0.25, 0.3) is 0 Å². The summed E-state index contributed by atoms with van der Waals surface area (Å²) >= 11 is 1.80. The van der Waals surface area contributed by atoms with Crippen LogP contribution in [0.25, 0.3) is 0 Å². The maximum Gasteiger partial charge on any atom is 0.230 e. The van der Waals surface area contributed by atoms with Crippen LogP contribution >= 0.6 is 11.8 Å². The third-order valence-corrected chi connectivity index (χ3v) is 4.46. The Bertz CT molecular complexity index is 296. The monoisotopic (exact) mass is 259 g/mol. The van der Waals surface area contributed by atoms with Gasteiger partial charge in [-0.1, -0.05) is 18.0 Å². The number of hydrogen-bond donors (Lipinski definition) is 3. The molecular formula is C11H21N3O2S. The largest absolute Gasteiger partial charge is 0.409 e. The Labute approximate surface area is 106 Å². The first-order chi connectivity index (χ1) is 8.10. The molecule has 3 unspecified atom stereocenters. The van der Waals surface area contributed by atoms with Gasteiger partial charge in [0.15, 0.2) is 5.84 Å². The van der Waals surface area contributed by atoms with Gasteiger partial charge >= 0.3 is 0 Å². The van der Waals surface area contributed by atoms with Gasteiger partial charge in [0.2, 0.25) is 5.91 Å². The van der Waals surface area contributed by atoms with Crippen LogP contribution in [0, 0.1) is 5.92 Å². The zero-order chi connectivity index (χ0) is 12.8. The van der Waals surface area contributed by atoms with Gasteiger partial charge in [-0.3, -0.25) is 4.79 Å². The quantitative estimate of drug-likeness (QED) is 0.306. The molecule has 1 fully saturated rings. The van der Waals surface area contributed by atoms with Gasteiger partial charge in [-0.15, -0.1) is 0 Å². The molecule has 4 N–H and O–H groups in total. The van der Waals surface area contributed by atoms with Crippen LogP contribution in [-0.4, -0.2) is 34.5 Å². The summed E-state index contributed by atoms with van der Waals surface area (Å²) in [7, 11) is 0. The van der Waals surface area contributed by atoms with Gasteiger partial charge in [0.1, 0.15) is 0 Å². The van der Waals surface area contributed by atoms with E-state index in [9.17, 15) is 4.79 Å². The molecule has 0 aliphatic heterocycles. The van der Waals surface area contributed by atoms with Crippen molar-refractivity contribution in [1.82, 2.24) is 5.32 Å². The maximum atomic E-state index is 11.9. The molecular weight excluding hydrogens is 238 g/mol. The number of amides is 1. The first kappa shape index (κ1) is 14.2. The van der Waals surface area contributed by atoms with Crippen molar-refractivity contribution in [2.75, 3.05) is 6.26 Å². The number of nitrogens with zero attached hydrogens (tertiary/aromatic N) is 1. The Morgan fingerprint density at radius 1 is 1.53 bits per heavy atom. The van der Waals surface area contributed by atoms with Crippen molar-refractivity contribution in [2.24, 2.45) is 16.8 Å². The van der Waals surface area contributed by atoms with E-state index in [0.29, 0.717) is 5.25 Å². The Morgan fingerprint density at radius 2 is 2.18 bits per heavy atom. The summed E-state index contributed by atoms with van der Waals surface area (Å²) in [5.74, 6) is -0.783. The van der Waals surface area contributed by atoms with Gasteiger partial charge in [-0.05, 0) is 26.0 Å². The summed E-state index contributed by atoms with van der Waals surface area (Å²) in [6.07, 6.45) is 6.61. The molecule has 0 spiro atoms. The summed E-state index contributed by atoms with van der Waals surface area (Å²) in [4.78, 5) is 11.9. The van der Waals surface area contributed by atoms with Gasteiger partial charge < -0.3 is 16.3 Å². The number of nitrogens with one attached hydrogen (secondary N) is 1. The van der Waals surface area contributed by atoms with E-state index in [2.05, 4.69) is 16.7 Å². The number of rotatable bonds is 4. The summed E-state index contributed by atoms with van der Waals surface area (Å²) in [5, 5.41) is 14.9. The number of oxime groups is 1. The first-order valence-corrected chi connectivity index (χ1v) is 7.19. The Morgan fingerprint density at radius 3 is 2.76 bits per heavy atom. The van der Waals surface area contributed by atoms with Crippen molar-refractivity contribution in [1.29, 1.82) is 0 Å². The minimum atomic E-state index is -0.579. The Kier molecular flexibility index (Phi) is 5.61. The van der Waals surface area contributed by atoms with Gasteiger partial charge in [0, 0.05) is 11.3 Å². The minimum Gasteiger partial charge on any atom is -0.409 e. The number of nitrogens with two attached hydrogens (primary N) is 1. The molecule has 1 rings (SSSR count). The molecule has 1 aliphatic carbocycles. The second-order valence-electron chi connectivity index (χ2n) is 4.42. The summed E-state index contributed by atoms with van der Waals surface area (Å²) < 4.78 is 0. The normalized spacial score (nSPS) is 27.5. The number of thioether (sulfide) groups is 1. The van der Waals surface area contributed by atoms with E-state index in [1.54, 1.807) is 18.7 Å². The summed E-state index contributed by atoms with van der Waals surface area (Å²) in [5.41, 5.74) is 5.42. The molecule has 98 valence electrons. The first-order valence-electron chi connectivity index (χ1n) is 5.90. The van der Waals surface area contributed by atoms with Gasteiger partial charge in [-0.25, -0.2) is 0 Å². The van der Waals surface area contributed by atoms with Gasteiger partial charge in [0.05, 0.1) is 5.92 Å². The molecule has 0 saturated heterocycles. The lowest BCUT2D eigenvalue weighted by Gasteiger charge is -2.31. The van der Waals surface area contributed by atoms with Crippen molar-refractivity contribution in [3.63, 3.8) is 0 Å². The third kappa shape index (κ3) is 3.80. The van der Waals surface area contributed by atoms with Crippen LogP contribution in [0.15, 0.2) is 5.16 Å². The molecule has 1 saturated carbocycles. The van der Waals surface area contributed by atoms with Crippen LogP contribution < -0.4 is 11.1 Å². The zero-order valence-electron chi connectivity index (χ0n) is 10.3. The highest BCUT2D eigenvalue weighted by Gasteiger charge is 2.28. The topological polar surface area (TPSA) is 87.7 Å². The molecule has 0 aromatic rings. The molecule has 0 heterocycles. The molecule has 6 heteroatoms. The molecule has 0 aromatic heterocycles. The Hall–Kier alpha value is -0.910. The van der Waals surface area contributed by atoms with Crippen LogP contribution in [0.5, 0.6) is 0 Å². The van der Waals surface area contributed by atoms with Crippen LogP contribution in [0.4, 0.5) is 0 Å². The Balaban J connectivity index is 2.54. The van der Waals surface area contributed by atoms with E-state index < -0.39 is 5.92 Å². The van der Waals surface area contributed by atoms with Crippen molar-refractivity contribution >= 4 is 23.5 Å². The van der Waals surface area contributed by atoms with Crippen molar-refractivity contribution in [3.8, 4) is 0 Å². The van der Waals surface area contributed by atoms with Crippen molar-refractivity contribution in [3.05, 3.63) is 0 Å². The highest BCUT2D eigenvalue weighted by Crippen LogP contribution is 2.27. The van der Waals surface area contributed by atoms with Crippen molar-refractivity contribution in [2.45, 2.75) is 43.9 Å². The van der Waals surface area contributed by atoms with E-state index in [-0.39, 0.29) is 17.8 Å². The highest BCUT2D eigenvalue weighted by molar-refractivity contribution is 7.99. The zero-order valence-corrected chi connectivity index (χ0v) is 11.2. The van der Waals surface area contributed by atoms with Crippen LogP contribution in [0.2, 0.25) is 0 Å². The van der Waals surface area contributed by atoms with E-state index in [4.69, 9.17) is 10.9 Å². The fourth-order valence-electron chi connectivity index (χ4n) is 2.07. The standard InChI is InChI=1S/C11H21N3O2S/c1-7(10(12)14-16)11(15)13-8-5-3-4-6-9(8)17-2/h7-9,16H,3-6H2,1-2H3,(H2,12,14)(H,13,15). The van der Waals surface area contributed by atoms with Crippen LogP contribution in [-0.2, 0) is 4.79 Å². The molecule has 17 heavy (non-hydrogen) atoms. The maximum absolute atomic E-state index is 11.9. The van der Waals surface area contributed by atoms with E-state index in [1.165, 1.54) is 6.42 Å². The lowest BCUT2D eigenvalue weighted by molar-refractivity contribution is -0.123. The molecule has 0 aromatic carbocycles. The number of carbonyl (C=O) groups is 1. The SMILES string of the molecule is CSC1CCCCC1NC(=O)C(C)C(N)=NO. The molecule has 3 atom stereocenters. The fourth-order valence-corrected chi connectivity index (χ4v) is 3.01.